The minimum absolute atomic E-state index is 0.0694. The molecule has 0 unspecified atom stereocenters. The van der Waals surface area contributed by atoms with Crippen LogP contribution in [0.4, 0.5) is 17.1 Å². The molecule has 10 heteroatoms. The minimum Gasteiger partial charge on any atom is -0.376 e. The van der Waals surface area contributed by atoms with Crippen molar-refractivity contribution in [1.82, 2.24) is 4.31 Å². The van der Waals surface area contributed by atoms with E-state index < -0.39 is 14.9 Å². The third-order valence-electron chi connectivity index (χ3n) is 3.43. The van der Waals surface area contributed by atoms with Gasteiger partial charge in [0.1, 0.15) is 0 Å². The van der Waals surface area contributed by atoms with Crippen molar-refractivity contribution in [2.75, 3.05) is 31.3 Å². The standard InChI is InChI=1S/C16H18N4O5S/c1-19(2)26(24,25)15-5-3-4-13(10-15)17-11-16(21)18-12-6-8-14(9-7-12)20(22)23/h3-10,17H,11H2,1-2H3,(H,18,21). The second kappa shape index (κ2) is 7.93. The van der Waals surface area contributed by atoms with Crippen LogP contribution in [-0.2, 0) is 14.8 Å². The van der Waals surface area contributed by atoms with Gasteiger partial charge in [-0.05, 0) is 30.3 Å². The van der Waals surface area contributed by atoms with Gasteiger partial charge < -0.3 is 10.6 Å². The fraction of sp³-hybridized carbons (Fsp3) is 0.188. The Bertz CT molecular complexity index is 910. The molecule has 0 saturated heterocycles. The van der Waals surface area contributed by atoms with E-state index in [2.05, 4.69) is 10.6 Å². The molecule has 0 heterocycles. The van der Waals surface area contributed by atoms with Crippen LogP contribution in [0, 0.1) is 10.1 Å². The molecule has 9 nitrogen and oxygen atoms in total. The number of carbonyl (C=O) groups excluding carboxylic acids is 1. The van der Waals surface area contributed by atoms with Crippen LogP contribution >= 0.6 is 0 Å². The van der Waals surface area contributed by atoms with Crippen molar-refractivity contribution in [3.63, 3.8) is 0 Å². The van der Waals surface area contributed by atoms with Crippen LogP contribution in [0.3, 0.4) is 0 Å². The number of non-ortho nitro benzene ring substituents is 1. The lowest BCUT2D eigenvalue weighted by atomic mass is 10.3. The molecule has 0 fully saturated rings. The number of rotatable bonds is 7. The first-order valence-corrected chi connectivity index (χ1v) is 8.95. The van der Waals surface area contributed by atoms with E-state index in [4.69, 9.17) is 0 Å². The Balaban J connectivity index is 1.98. The number of hydrogen-bond donors (Lipinski definition) is 2. The first-order chi connectivity index (χ1) is 12.2. The van der Waals surface area contributed by atoms with Crippen molar-refractivity contribution in [1.29, 1.82) is 0 Å². The molecule has 2 aromatic carbocycles. The molecule has 0 atom stereocenters. The van der Waals surface area contributed by atoms with Gasteiger partial charge in [0.25, 0.3) is 5.69 Å². The highest BCUT2D eigenvalue weighted by atomic mass is 32.2. The fourth-order valence-electron chi connectivity index (χ4n) is 2.03. The Morgan fingerprint density at radius 2 is 1.77 bits per heavy atom. The molecule has 26 heavy (non-hydrogen) atoms. The predicted molar refractivity (Wildman–Crippen MR) is 97.5 cm³/mol. The van der Waals surface area contributed by atoms with E-state index in [0.717, 1.165) is 4.31 Å². The first kappa shape index (κ1) is 19.3. The number of benzene rings is 2. The molecule has 0 spiro atoms. The zero-order chi connectivity index (χ0) is 19.3. The first-order valence-electron chi connectivity index (χ1n) is 7.51. The van der Waals surface area contributed by atoms with Gasteiger partial charge in [0.05, 0.1) is 16.4 Å². The molecular weight excluding hydrogens is 360 g/mol. The Labute approximate surface area is 150 Å². The van der Waals surface area contributed by atoms with Crippen molar-refractivity contribution < 1.29 is 18.1 Å². The van der Waals surface area contributed by atoms with E-state index in [-0.39, 0.29) is 23.0 Å². The second-order valence-corrected chi connectivity index (χ2v) is 7.67. The fourth-order valence-corrected chi connectivity index (χ4v) is 2.98. The number of nitrogens with zero attached hydrogens (tertiary/aromatic N) is 2. The molecule has 2 rings (SSSR count). The van der Waals surface area contributed by atoms with Crippen LogP contribution in [0.25, 0.3) is 0 Å². The Morgan fingerprint density at radius 3 is 2.35 bits per heavy atom. The van der Waals surface area contributed by atoms with Gasteiger partial charge in [0, 0.05) is 37.6 Å². The van der Waals surface area contributed by atoms with Crippen LogP contribution in [0.15, 0.2) is 53.4 Å². The van der Waals surface area contributed by atoms with E-state index in [0.29, 0.717) is 11.4 Å². The summed E-state index contributed by atoms with van der Waals surface area (Å²) >= 11 is 0. The summed E-state index contributed by atoms with van der Waals surface area (Å²) in [4.78, 5) is 22.1. The van der Waals surface area contributed by atoms with Gasteiger partial charge in [-0.1, -0.05) is 6.07 Å². The van der Waals surface area contributed by atoms with E-state index in [1.54, 1.807) is 12.1 Å². The average molecular weight is 378 g/mol. The molecule has 2 N–H and O–H groups in total. The second-order valence-electron chi connectivity index (χ2n) is 5.52. The molecule has 0 bridgehead atoms. The van der Waals surface area contributed by atoms with Crippen molar-refractivity contribution in [3.05, 3.63) is 58.6 Å². The predicted octanol–water partition coefficient (Wildman–Crippen LogP) is 1.90. The number of amides is 1. The lowest BCUT2D eigenvalue weighted by Crippen LogP contribution is -2.23. The largest absolute Gasteiger partial charge is 0.376 e. The summed E-state index contributed by atoms with van der Waals surface area (Å²) in [5.74, 6) is -0.375. The highest BCUT2D eigenvalue weighted by Gasteiger charge is 2.17. The van der Waals surface area contributed by atoms with Crippen LogP contribution in [0.2, 0.25) is 0 Å². The van der Waals surface area contributed by atoms with Gasteiger partial charge in [-0.25, -0.2) is 12.7 Å². The normalized spacial score (nSPS) is 11.2. The van der Waals surface area contributed by atoms with Crippen molar-refractivity contribution >= 4 is 33.0 Å². The summed E-state index contributed by atoms with van der Waals surface area (Å²) in [6.07, 6.45) is 0. The third-order valence-corrected chi connectivity index (χ3v) is 5.24. The van der Waals surface area contributed by atoms with Gasteiger partial charge in [0.15, 0.2) is 0 Å². The van der Waals surface area contributed by atoms with Gasteiger partial charge in [-0.15, -0.1) is 0 Å². The lowest BCUT2D eigenvalue weighted by Gasteiger charge is -2.13. The van der Waals surface area contributed by atoms with Crippen LogP contribution in [0.5, 0.6) is 0 Å². The van der Waals surface area contributed by atoms with E-state index in [9.17, 15) is 23.3 Å². The summed E-state index contributed by atoms with van der Waals surface area (Å²) in [5.41, 5.74) is 0.832. The van der Waals surface area contributed by atoms with Gasteiger partial charge >= 0.3 is 0 Å². The summed E-state index contributed by atoms with van der Waals surface area (Å²) in [6, 6.07) is 11.6. The number of sulfonamides is 1. The molecule has 0 aliphatic rings. The average Bonchev–Trinajstić information content (AvgIpc) is 2.60. The summed E-state index contributed by atoms with van der Waals surface area (Å²) in [5, 5.41) is 16.0. The number of nitro benzene ring substituents is 1. The van der Waals surface area contributed by atoms with Gasteiger partial charge in [-0.3, -0.25) is 14.9 Å². The topological polar surface area (TPSA) is 122 Å². The minimum atomic E-state index is -3.56. The third kappa shape index (κ3) is 4.77. The Morgan fingerprint density at radius 1 is 1.12 bits per heavy atom. The molecule has 1 amide bonds. The van der Waals surface area contributed by atoms with Crippen LogP contribution < -0.4 is 10.6 Å². The van der Waals surface area contributed by atoms with Gasteiger partial charge in [0.2, 0.25) is 15.9 Å². The maximum atomic E-state index is 12.1. The SMILES string of the molecule is CN(C)S(=O)(=O)c1cccc(NCC(=O)Nc2ccc([N+](=O)[O-])cc2)c1. The Kier molecular flexibility index (Phi) is 5.90. The summed E-state index contributed by atoms with van der Waals surface area (Å²) < 4.78 is 25.3. The molecular formula is C16H18N4O5S. The van der Waals surface area contributed by atoms with Crippen LogP contribution in [0.1, 0.15) is 0 Å². The van der Waals surface area contributed by atoms with E-state index in [1.165, 1.54) is 50.5 Å². The van der Waals surface area contributed by atoms with Crippen LogP contribution in [-0.4, -0.2) is 44.2 Å². The van der Waals surface area contributed by atoms with E-state index >= 15 is 0 Å². The molecule has 0 radical (unpaired) electrons. The van der Waals surface area contributed by atoms with E-state index in [1.807, 2.05) is 0 Å². The zero-order valence-corrected chi connectivity index (χ0v) is 15.0. The summed E-state index contributed by atoms with van der Waals surface area (Å²) in [6.45, 7) is -0.0948. The lowest BCUT2D eigenvalue weighted by molar-refractivity contribution is -0.384. The number of hydrogen-bond acceptors (Lipinski definition) is 6. The molecule has 138 valence electrons. The Hall–Kier alpha value is -2.98. The molecule has 2 aromatic rings. The highest BCUT2D eigenvalue weighted by Crippen LogP contribution is 2.18. The number of nitro groups is 1. The maximum absolute atomic E-state index is 12.1. The molecule has 0 aliphatic carbocycles. The van der Waals surface area contributed by atoms with Gasteiger partial charge in [-0.2, -0.15) is 0 Å². The highest BCUT2D eigenvalue weighted by molar-refractivity contribution is 7.89. The zero-order valence-electron chi connectivity index (χ0n) is 14.2. The smallest absolute Gasteiger partial charge is 0.269 e. The maximum Gasteiger partial charge on any atom is 0.269 e. The summed E-state index contributed by atoms with van der Waals surface area (Å²) in [7, 11) is -0.685. The number of nitrogens with one attached hydrogen (secondary N) is 2. The van der Waals surface area contributed by atoms with Crippen molar-refractivity contribution in [2.24, 2.45) is 0 Å². The number of anilines is 2. The molecule has 0 aromatic heterocycles. The molecule has 0 aliphatic heterocycles. The van der Waals surface area contributed by atoms with Crippen molar-refractivity contribution in [2.45, 2.75) is 4.90 Å². The monoisotopic (exact) mass is 378 g/mol. The van der Waals surface area contributed by atoms with Crippen molar-refractivity contribution in [3.8, 4) is 0 Å². The quantitative estimate of drug-likeness (QED) is 0.560. The number of carbonyl (C=O) groups is 1. The molecule has 0 saturated carbocycles.